The molecule has 1 saturated heterocycles. The number of imide groups is 1. The molecule has 1 heterocycles. The Kier molecular flexibility index (Phi) is 4.23. The van der Waals surface area contributed by atoms with Crippen LogP contribution in [0, 0.1) is 5.92 Å². The first-order valence-corrected chi connectivity index (χ1v) is 5.67. The first-order valence-electron chi connectivity index (χ1n) is 5.26. The lowest BCUT2D eigenvalue weighted by Crippen LogP contribution is -2.46. The van der Waals surface area contributed by atoms with Gasteiger partial charge in [-0.1, -0.05) is 13.8 Å². The van der Waals surface area contributed by atoms with Gasteiger partial charge in [-0.25, -0.2) is 0 Å². The molecule has 2 amide bonds. The lowest BCUT2D eigenvalue weighted by atomic mass is 10.2. The van der Waals surface area contributed by atoms with Gasteiger partial charge in [-0.2, -0.15) is 0 Å². The molecule has 90 valence electrons. The van der Waals surface area contributed by atoms with E-state index in [0.717, 1.165) is 11.4 Å². The van der Waals surface area contributed by atoms with E-state index in [9.17, 15) is 9.59 Å². The Morgan fingerprint density at radius 1 is 1.56 bits per heavy atom. The molecule has 0 aromatic rings. The Hall–Kier alpha value is -1.17. The predicted molar refractivity (Wildman–Crippen MR) is 64.8 cm³/mol. The third-order valence-corrected chi connectivity index (χ3v) is 2.62. The van der Waals surface area contributed by atoms with Crippen LogP contribution in [0.25, 0.3) is 0 Å². The molecular weight excluding hydrogens is 226 g/mol. The second kappa shape index (κ2) is 5.25. The van der Waals surface area contributed by atoms with Crippen molar-refractivity contribution in [3.05, 3.63) is 0 Å². The van der Waals surface area contributed by atoms with Crippen LogP contribution in [0.4, 0.5) is 0 Å². The predicted octanol–water partition coefficient (Wildman–Crippen LogP) is -0.136. The molecule has 1 aliphatic heterocycles. The van der Waals surface area contributed by atoms with E-state index < -0.39 is 6.04 Å². The first-order chi connectivity index (χ1) is 7.41. The van der Waals surface area contributed by atoms with Gasteiger partial charge in [-0.3, -0.25) is 14.5 Å². The summed E-state index contributed by atoms with van der Waals surface area (Å²) in [4.78, 5) is 23.9. The average Bonchev–Trinajstić information content (AvgIpc) is 2.43. The highest BCUT2D eigenvalue weighted by Gasteiger charge is 2.36. The Labute approximate surface area is 101 Å². The van der Waals surface area contributed by atoms with E-state index in [2.05, 4.69) is 24.5 Å². The van der Waals surface area contributed by atoms with Gasteiger partial charge in [0.25, 0.3) is 5.91 Å². The average molecular weight is 243 g/mol. The van der Waals surface area contributed by atoms with Gasteiger partial charge >= 0.3 is 0 Å². The molecule has 0 saturated carbocycles. The van der Waals surface area contributed by atoms with E-state index in [1.807, 2.05) is 0 Å². The Balaban J connectivity index is 2.41. The van der Waals surface area contributed by atoms with Gasteiger partial charge in [0.05, 0.1) is 6.42 Å². The van der Waals surface area contributed by atoms with E-state index in [1.165, 1.54) is 7.05 Å². The summed E-state index contributed by atoms with van der Waals surface area (Å²) in [6.07, 6.45) is 0.179. The number of rotatable bonds is 3. The zero-order valence-electron chi connectivity index (χ0n) is 9.74. The molecule has 16 heavy (non-hydrogen) atoms. The summed E-state index contributed by atoms with van der Waals surface area (Å²) in [5, 5.41) is 6.28. The van der Waals surface area contributed by atoms with E-state index in [4.69, 9.17) is 12.2 Å². The van der Waals surface area contributed by atoms with Crippen molar-refractivity contribution in [2.75, 3.05) is 13.6 Å². The monoisotopic (exact) mass is 243 g/mol. The fourth-order valence-corrected chi connectivity index (χ4v) is 1.60. The van der Waals surface area contributed by atoms with Crippen LogP contribution in [0.3, 0.4) is 0 Å². The minimum atomic E-state index is -0.510. The number of nitrogens with zero attached hydrogens (tertiary/aromatic N) is 1. The van der Waals surface area contributed by atoms with Crippen LogP contribution in [-0.4, -0.2) is 41.5 Å². The fourth-order valence-electron chi connectivity index (χ4n) is 1.37. The summed E-state index contributed by atoms with van der Waals surface area (Å²) in [5.41, 5.74) is 0. The molecule has 0 aromatic carbocycles. The maximum atomic E-state index is 11.5. The van der Waals surface area contributed by atoms with Crippen molar-refractivity contribution >= 4 is 29.1 Å². The van der Waals surface area contributed by atoms with E-state index >= 15 is 0 Å². The maximum absolute atomic E-state index is 11.5. The van der Waals surface area contributed by atoms with Crippen molar-refractivity contribution in [3.8, 4) is 0 Å². The summed E-state index contributed by atoms with van der Waals surface area (Å²) >= 11 is 5.04. The van der Waals surface area contributed by atoms with Crippen molar-refractivity contribution in [1.82, 2.24) is 15.5 Å². The Morgan fingerprint density at radius 2 is 2.19 bits per heavy atom. The largest absolute Gasteiger partial charge is 0.362 e. The number of thiocarbonyl (C=S) groups is 1. The number of amides is 2. The molecule has 0 spiro atoms. The normalized spacial score (nSPS) is 20.5. The number of likely N-dealkylation sites (N-methyl/N-ethyl adjacent to an activating group) is 1. The lowest BCUT2D eigenvalue weighted by Gasteiger charge is -2.15. The third kappa shape index (κ3) is 3.16. The summed E-state index contributed by atoms with van der Waals surface area (Å²) < 4.78 is 0. The van der Waals surface area contributed by atoms with Gasteiger partial charge in [-0.15, -0.1) is 0 Å². The smallest absolute Gasteiger partial charge is 0.251 e. The second-order valence-electron chi connectivity index (χ2n) is 4.30. The van der Waals surface area contributed by atoms with Crippen LogP contribution >= 0.6 is 12.2 Å². The van der Waals surface area contributed by atoms with E-state index in [1.54, 1.807) is 0 Å². The van der Waals surface area contributed by atoms with Crippen molar-refractivity contribution in [2.45, 2.75) is 26.3 Å². The van der Waals surface area contributed by atoms with E-state index in [-0.39, 0.29) is 18.2 Å². The van der Waals surface area contributed by atoms with Crippen LogP contribution < -0.4 is 10.6 Å². The lowest BCUT2D eigenvalue weighted by molar-refractivity contribution is -0.137. The molecule has 0 aromatic heterocycles. The fraction of sp³-hybridized carbons (Fsp3) is 0.700. The molecule has 1 fully saturated rings. The highest BCUT2D eigenvalue weighted by atomic mass is 32.1. The van der Waals surface area contributed by atoms with Crippen LogP contribution in [0.2, 0.25) is 0 Å². The molecule has 1 unspecified atom stereocenters. The molecule has 6 heteroatoms. The summed E-state index contributed by atoms with van der Waals surface area (Å²) in [7, 11) is 1.48. The second-order valence-corrected chi connectivity index (χ2v) is 4.70. The van der Waals surface area contributed by atoms with Gasteiger partial charge < -0.3 is 10.6 Å². The molecular formula is C10H17N3O2S. The molecule has 0 radical (unpaired) electrons. The first kappa shape index (κ1) is 12.9. The minimum Gasteiger partial charge on any atom is -0.362 e. The number of carbonyl (C=O) groups excluding carboxylic acids is 2. The van der Waals surface area contributed by atoms with Crippen molar-refractivity contribution in [3.63, 3.8) is 0 Å². The van der Waals surface area contributed by atoms with Gasteiger partial charge in [0.2, 0.25) is 5.91 Å². The third-order valence-electron chi connectivity index (χ3n) is 2.36. The quantitative estimate of drug-likeness (QED) is 0.534. The number of hydrogen-bond acceptors (Lipinski definition) is 3. The molecule has 0 bridgehead atoms. The molecule has 1 atom stereocenters. The number of likely N-dealkylation sites (tertiary alicyclic amines) is 1. The Morgan fingerprint density at radius 3 is 2.62 bits per heavy atom. The number of carbonyl (C=O) groups is 2. The maximum Gasteiger partial charge on any atom is 0.251 e. The molecule has 1 rings (SSSR count). The van der Waals surface area contributed by atoms with Gasteiger partial charge in [0.1, 0.15) is 6.04 Å². The van der Waals surface area contributed by atoms with Gasteiger partial charge in [-0.05, 0) is 18.1 Å². The van der Waals surface area contributed by atoms with Crippen LogP contribution in [-0.2, 0) is 9.59 Å². The van der Waals surface area contributed by atoms with Gasteiger partial charge in [0.15, 0.2) is 5.11 Å². The van der Waals surface area contributed by atoms with Crippen LogP contribution in [0.1, 0.15) is 20.3 Å². The SMILES string of the molecule is CC(C)CNC(=S)NC1CC(=O)N(C)C1=O. The van der Waals surface area contributed by atoms with Crippen LogP contribution in [0.5, 0.6) is 0 Å². The molecule has 1 aliphatic rings. The minimum absolute atomic E-state index is 0.172. The van der Waals surface area contributed by atoms with Crippen LogP contribution in [0.15, 0.2) is 0 Å². The highest BCUT2D eigenvalue weighted by molar-refractivity contribution is 7.80. The molecule has 2 N–H and O–H groups in total. The molecule has 5 nitrogen and oxygen atoms in total. The summed E-state index contributed by atoms with van der Waals surface area (Å²) in [6, 6.07) is -0.510. The molecule has 0 aliphatic carbocycles. The van der Waals surface area contributed by atoms with E-state index in [0.29, 0.717) is 11.0 Å². The van der Waals surface area contributed by atoms with Crippen molar-refractivity contribution in [2.24, 2.45) is 5.92 Å². The Bertz CT molecular complexity index is 317. The van der Waals surface area contributed by atoms with Crippen molar-refractivity contribution < 1.29 is 9.59 Å². The van der Waals surface area contributed by atoms with Gasteiger partial charge in [0, 0.05) is 13.6 Å². The topological polar surface area (TPSA) is 61.4 Å². The number of nitrogens with one attached hydrogen (secondary N) is 2. The summed E-state index contributed by atoms with van der Waals surface area (Å²) in [6.45, 7) is 4.87. The zero-order valence-corrected chi connectivity index (χ0v) is 10.6. The van der Waals surface area contributed by atoms with Crippen molar-refractivity contribution in [1.29, 1.82) is 0 Å². The number of hydrogen-bond donors (Lipinski definition) is 2. The summed E-state index contributed by atoms with van der Waals surface area (Å²) in [5.74, 6) is 0.0798. The standard InChI is InChI=1S/C10H17N3O2S/c1-6(2)5-11-10(16)12-7-4-8(14)13(3)9(7)15/h6-7H,4-5H2,1-3H3,(H2,11,12,16). The highest BCUT2D eigenvalue weighted by Crippen LogP contribution is 2.10. The zero-order chi connectivity index (χ0) is 12.3.